The molecule has 0 nitrogen and oxygen atoms in total. The summed E-state index contributed by atoms with van der Waals surface area (Å²) < 4.78 is 0. The summed E-state index contributed by atoms with van der Waals surface area (Å²) in [5.74, 6) is 2.55. The fourth-order valence-corrected chi connectivity index (χ4v) is 1.29. The van der Waals surface area contributed by atoms with Gasteiger partial charge in [-0.25, -0.2) is 0 Å². The van der Waals surface area contributed by atoms with Crippen LogP contribution in [0.5, 0.6) is 0 Å². The van der Waals surface area contributed by atoms with Crippen molar-refractivity contribution < 1.29 is 0 Å². The molecule has 0 unspecified atom stereocenters. The number of benzene rings is 2. The van der Waals surface area contributed by atoms with E-state index in [4.69, 9.17) is 6.42 Å². The van der Waals surface area contributed by atoms with Gasteiger partial charge in [0.1, 0.15) is 0 Å². The van der Waals surface area contributed by atoms with E-state index in [0.29, 0.717) is 0 Å². The average Bonchev–Trinajstić information content (AvgIpc) is 2.35. The zero-order valence-corrected chi connectivity index (χ0v) is 10.7. The summed E-state index contributed by atoms with van der Waals surface area (Å²) >= 11 is 0. The first-order valence-corrected chi connectivity index (χ1v) is 5.68. The van der Waals surface area contributed by atoms with Crippen LogP contribution >= 0.6 is 0 Å². The normalized spacial score (nSPS) is 8.82. The second-order valence-electron chi connectivity index (χ2n) is 4.17. The lowest BCUT2D eigenvalue weighted by atomic mass is 10.2. The van der Waals surface area contributed by atoms with E-state index in [2.05, 4.69) is 44.0 Å². The van der Waals surface area contributed by atoms with Crippen LogP contribution in [0.25, 0.3) is 0 Å². The van der Waals surface area contributed by atoms with Gasteiger partial charge in [0.25, 0.3) is 0 Å². The molecule has 0 heteroatoms. The molecule has 0 aliphatic rings. The van der Waals surface area contributed by atoms with Gasteiger partial charge < -0.3 is 0 Å². The Hall–Kier alpha value is -2.00. The fourth-order valence-electron chi connectivity index (χ4n) is 1.29. The number of hydrogen-bond donors (Lipinski definition) is 0. The molecule has 2 aromatic carbocycles. The number of aryl methyl sites for hydroxylation is 3. The van der Waals surface area contributed by atoms with Crippen LogP contribution < -0.4 is 0 Å². The average molecular weight is 222 g/mol. The molecule has 0 heterocycles. The highest BCUT2D eigenvalue weighted by atomic mass is 13.9. The van der Waals surface area contributed by atoms with Crippen LogP contribution in [-0.2, 0) is 0 Å². The molecule has 0 radical (unpaired) electrons. The monoisotopic (exact) mass is 222 g/mol. The number of hydrogen-bond acceptors (Lipinski definition) is 0. The maximum absolute atomic E-state index is 5.15. The van der Waals surface area contributed by atoms with Crippen LogP contribution in [0.2, 0.25) is 0 Å². The van der Waals surface area contributed by atoms with Gasteiger partial charge in [-0.1, -0.05) is 59.0 Å². The minimum absolute atomic E-state index is 0.945. The molecule has 17 heavy (non-hydrogen) atoms. The lowest BCUT2D eigenvalue weighted by molar-refractivity contribution is 1.40. The van der Waals surface area contributed by atoms with E-state index < -0.39 is 0 Å². The summed E-state index contributed by atoms with van der Waals surface area (Å²) in [7, 11) is 0. The van der Waals surface area contributed by atoms with Gasteiger partial charge in [0.2, 0.25) is 0 Å². The zero-order valence-electron chi connectivity index (χ0n) is 10.7. The molecule has 0 bridgehead atoms. The zero-order chi connectivity index (χ0) is 12.7. The first-order chi connectivity index (χ1) is 8.11. The lowest BCUT2D eigenvalue weighted by Crippen LogP contribution is -1.72. The van der Waals surface area contributed by atoms with E-state index in [1.165, 1.54) is 16.7 Å². The van der Waals surface area contributed by atoms with Crippen molar-refractivity contribution in [1.82, 2.24) is 0 Å². The Morgan fingerprint density at radius 2 is 0.941 bits per heavy atom. The van der Waals surface area contributed by atoms with E-state index in [-0.39, 0.29) is 0 Å². The lowest BCUT2D eigenvalue weighted by Gasteiger charge is -1.90. The van der Waals surface area contributed by atoms with Gasteiger partial charge in [0.05, 0.1) is 0 Å². The summed E-state index contributed by atoms with van der Waals surface area (Å²) in [6.45, 7) is 6.24. The predicted octanol–water partition coefficient (Wildman–Crippen LogP) is 4.28. The molecule has 0 aromatic heterocycles. The van der Waals surface area contributed by atoms with E-state index in [0.717, 1.165) is 5.56 Å². The van der Waals surface area contributed by atoms with Crippen LogP contribution in [0.4, 0.5) is 0 Å². The van der Waals surface area contributed by atoms with Gasteiger partial charge in [-0.15, -0.1) is 6.42 Å². The minimum atomic E-state index is 0.945. The summed E-state index contributed by atoms with van der Waals surface area (Å²) in [4.78, 5) is 0. The standard InChI is InChI=1S/C9H8.C8H10/c1-3-9-6-4-8(2)5-7-9;1-7-3-5-8(2)6-4-7/h1,4-7H,2H3;3-6H,1-2H3. The number of rotatable bonds is 0. The number of terminal acetylenes is 1. The van der Waals surface area contributed by atoms with Crippen molar-refractivity contribution in [2.24, 2.45) is 0 Å². The topological polar surface area (TPSA) is 0 Å². The quantitative estimate of drug-likeness (QED) is 0.584. The Balaban J connectivity index is 0.000000171. The van der Waals surface area contributed by atoms with E-state index >= 15 is 0 Å². The third-order valence-corrected chi connectivity index (χ3v) is 2.44. The minimum Gasteiger partial charge on any atom is -0.115 e. The Bertz CT molecular complexity index is 460. The fraction of sp³-hybridized carbons (Fsp3) is 0.176. The van der Waals surface area contributed by atoms with E-state index in [9.17, 15) is 0 Å². The van der Waals surface area contributed by atoms with Crippen molar-refractivity contribution >= 4 is 0 Å². The molecule has 0 spiro atoms. The first-order valence-electron chi connectivity index (χ1n) is 5.68. The highest BCUT2D eigenvalue weighted by Crippen LogP contribution is 2.00. The Morgan fingerprint density at radius 3 is 1.24 bits per heavy atom. The molecule has 2 rings (SSSR count). The molecule has 0 fully saturated rings. The molecule has 0 amide bonds. The molecule has 0 aliphatic heterocycles. The third kappa shape index (κ3) is 5.04. The molecule has 0 atom stereocenters. The second-order valence-corrected chi connectivity index (χ2v) is 4.17. The summed E-state index contributed by atoms with van der Waals surface area (Å²) in [5, 5.41) is 0. The van der Waals surface area contributed by atoms with Crippen molar-refractivity contribution in [2.45, 2.75) is 20.8 Å². The second kappa shape index (κ2) is 6.55. The van der Waals surface area contributed by atoms with Crippen LogP contribution in [0.3, 0.4) is 0 Å². The predicted molar refractivity (Wildman–Crippen MR) is 75.0 cm³/mol. The van der Waals surface area contributed by atoms with Crippen LogP contribution in [-0.4, -0.2) is 0 Å². The summed E-state index contributed by atoms with van der Waals surface area (Å²) in [6.07, 6.45) is 5.15. The molecular weight excluding hydrogens is 204 g/mol. The molecule has 0 N–H and O–H groups in total. The van der Waals surface area contributed by atoms with Crippen LogP contribution in [0.1, 0.15) is 22.3 Å². The van der Waals surface area contributed by atoms with Crippen molar-refractivity contribution in [3.05, 3.63) is 70.8 Å². The molecule has 86 valence electrons. The van der Waals surface area contributed by atoms with Crippen molar-refractivity contribution in [1.29, 1.82) is 0 Å². The van der Waals surface area contributed by atoms with Crippen molar-refractivity contribution in [2.75, 3.05) is 0 Å². The van der Waals surface area contributed by atoms with Gasteiger partial charge in [0.15, 0.2) is 0 Å². The SMILES string of the molecule is C#Cc1ccc(C)cc1.Cc1ccc(C)cc1. The molecule has 0 saturated carbocycles. The van der Waals surface area contributed by atoms with Crippen LogP contribution in [0.15, 0.2) is 48.5 Å². The van der Waals surface area contributed by atoms with Gasteiger partial charge in [-0.3, -0.25) is 0 Å². The molecule has 2 aromatic rings. The Morgan fingerprint density at radius 1 is 0.647 bits per heavy atom. The van der Waals surface area contributed by atoms with Crippen molar-refractivity contribution in [3.8, 4) is 12.3 Å². The van der Waals surface area contributed by atoms with Gasteiger partial charge >= 0.3 is 0 Å². The molecule has 0 aliphatic carbocycles. The van der Waals surface area contributed by atoms with Crippen LogP contribution in [0, 0.1) is 33.1 Å². The molecule has 0 saturated heterocycles. The van der Waals surface area contributed by atoms with Gasteiger partial charge in [0, 0.05) is 5.56 Å². The molecular formula is C17H18. The van der Waals surface area contributed by atoms with Crippen molar-refractivity contribution in [3.63, 3.8) is 0 Å². The first kappa shape index (κ1) is 13.1. The summed E-state index contributed by atoms with van der Waals surface area (Å²) in [5.41, 5.74) is 4.85. The van der Waals surface area contributed by atoms with Gasteiger partial charge in [-0.2, -0.15) is 0 Å². The Kier molecular flexibility index (Phi) is 5.04. The largest absolute Gasteiger partial charge is 0.115 e. The van der Waals surface area contributed by atoms with E-state index in [1.54, 1.807) is 0 Å². The summed E-state index contributed by atoms with van der Waals surface area (Å²) in [6, 6.07) is 16.4. The van der Waals surface area contributed by atoms with E-state index in [1.807, 2.05) is 31.2 Å². The maximum atomic E-state index is 5.15. The Labute approximate surface area is 104 Å². The highest BCUT2D eigenvalue weighted by molar-refractivity contribution is 5.33. The third-order valence-electron chi connectivity index (χ3n) is 2.44. The maximum Gasteiger partial charge on any atom is 0.0242 e. The highest BCUT2D eigenvalue weighted by Gasteiger charge is 1.82. The van der Waals surface area contributed by atoms with Gasteiger partial charge in [-0.05, 0) is 32.9 Å². The smallest absolute Gasteiger partial charge is 0.0242 e.